The van der Waals surface area contributed by atoms with Crippen molar-refractivity contribution in [2.45, 2.75) is 37.4 Å². The number of nitrogens with zero attached hydrogens (tertiary/aromatic N) is 2. The lowest BCUT2D eigenvalue weighted by molar-refractivity contribution is -0.192. The summed E-state index contributed by atoms with van der Waals surface area (Å²) in [6.45, 7) is 1.38. The van der Waals surface area contributed by atoms with Crippen LogP contribution in [0.1, 0.15) is 18.9 Å². The topological polar surface area (TPSA) is 177 Å². The second-order valence-corrected chi connectivity index (χ2v) is 11.3. The van der Waals surface area contributed by atoms with Gasteiger partial charge in [-0.1, -0.05) is 18.2 Å². The van der Waals surface area contributed by atoms with E-state index in [0.717, 1.165) is 6.26 Å². The van der Waals surface area contributed by atoms with Crippen molar-refractivity contribution in [3.05, 3.63) is 64.5 Å². The van der Waals surface area contributed by atoms with Gasteiger partial charge in [0.1, 0.15) is 5.82 Å². The van der Waals surface area contributed by atoms with Crippen LogP contribution in [0.2, 0.25) is 0 Å². The van der Waals surface area contributed by atoms with Crippen molar-refractivity contribution in [1.29, 1.82) is 0 Å². The number of hydrogen-bond donors (Lipinski definition) is 4. The van der Waals surface area contributed by atoms with Crippen molar-refractivity contribution in [3.63, 3.8) is 0 Å². The number of carboxylic acids is 1. The van der Waals surface area contributed by atoms with Gasteiger partial charge < -0.3 is 9.94 Å². The normalized spacial score (nSPS) is 13.2. The maximum Gasteiger partial charge on any atom is 0.490 e. The van der Waals surface area contributed by atoms with Gasteiger partial charge in [0.05, 0.1) is 24.3 Å². The molecule has 1 atom stereocenters. The highest BCUT2D eigenvalue weighted by atomic mass is 32.2. The lowest BCUT2D eigenvalue weighted by atomic mass is 10.0. The van der Waals surface area contributed by atoms with Gasteiger partial charge in [0, 0.05) is 24.9 Å². The molecule has 224 valence electrons. The van der Waals surface area contributed by atoms with Crippen molar-refractivity contribution < 1.29 is 50.7 Å². The molecule has 0 aliphatic heterocycles. The van der Waals surface area contributed by atoms with Crippen molar-refractivity contribution in [3.8, 4) is 11.1 Å². The van der Waals surface area contributed by atoms with Gasteiger partial charge in [0.25, 0.3) is 11.5 Å². The molecule has 1 aromatic heterocycles. The summed E-state index contributed by atoms with van der Waals surface area (Å²) in [5.41, 5.74) is 5.47. The average Bonchev–Trinajstić information content (AvgIpc) is 2.89. The van der Waals surface area contributed by atoms with E-state index in [4.69, 9.17) is 19.9 Å². The van der Waals surface area contributed by atoms with E-state index < -0.39 is 44.0 Å². The maximum atomic E-state index is 14.7. The second kappa shape index (κ2) is 13.2. The van der Waals surface area contributed by atoms with Gasteiger partial charge in [-0.05, 0) is 42.7 Å². The molecule has 0 saturated heterocycles. The van der Waals surface area contributed by atoms with Crippen LogP contribution in [-0.4, -0.2) is 64.4 Å². The minimum Gasteiger partial charge on any atom is -0.475 e. The Morgan fingerprint density at radius 1 is 1.15 bits per heavy atom. The molecule has 12 nitrogen and oxygen atoms in total. The number of aryl methyl sites for hydroxylation is 1. The Hall–Kier alpha value is -3.93. The predicted molar refractivity (Wildman–Crippen MR) is 137 cm³/mol. The van der Waals surface area contributed by atoms with Crippen LogP contribution in [0.3, 0.4) is 0 Å². The van der Waals surface area contributed by atoms with Crippen LogP contribution in [0.25, 0.3) is 22.0 Å². The molecule has 3 rings (SSSR count). The maximum absolute atomic E-state index is 14.7. The molecule has 1 amide bonds. The van der Waals surface area contributed by atoms with E-state index in [1.54, 1.807) is 24.3 Å². The third-order valence-corrected chi connectivity index (χ3v) is 8.09. The van der Waals surface area contributed by atoms with Crippen molar-refractivity contribution in [2.24, 2.45) is 0 Å². The summed E-state index contributed by atoms with van der Waals surface area (Å²) >= 11 is 0. The highest BCUT2D eigenvalue weighted by Crippen LogP contribution is 2.26. The predicted octanol–water partition coefficient (Wildman–Crippen LogP) is 2.19. The van der Waals surface area contributed by atoms with Crippen LogP contribution in [0.4, 0.5) is 17.6 Å². The van der Waals surface area contributed by atoms with Crippen LogP contribution in [0, 0.1) is 5.82 Å². The van der Waals surface area contributed by atoms with Crippen molar-refractivity contribution in [2.75, 3.05) is 13.4 Å². The number of fused-ring (bicyclic) bond motifs is 1. The lowest BCUT2D eigenvalue weighted by Crippen LogP contribution is -2.50. The van der Waals surface area contributed by atoms with Crippen molar-refractivity contribution >= 4 is 32.6 Å². The van der Waals surface area contributed by atoms with Gasteiger partial charge in [-0.2, -0.15) is 18.7 Å². The molecule has 0 bridgehead atoms. The number of halogens is 4. The highest BCUT2D eigenvalue weighted by Gasteiger charge is 2.43. The standard InChI is InChI=1S/C22H25FN4O6S.C2HF3O2/c1-22(21(29)26-30,34(3,31)32)8-9-27-13-24-19-11-15(5-7-17(19)20(27)28)16-6-4-14(10-18(16)23)12-25-33-2;3-2(4,5)1(6)7/h4-7,10-11,13,25,30H,8-9,12H2,1-3H3,(H,26,29);(H,6,7)/t22-;/m1./s1. The monoisotopic (exact) mass is 606 g/mol. The third kappa shape index (κ3) is 8.06. The van der Waals surface area contributed by atoms with E-state index in [2.05, 4.69) is 10.5 Å². The van der Waals surface area contributed by atoms with Gasteiger partial charge >= 0.3 is 12.1 Å². The molecule has 0 radical (unpaired) electrons. The summed E-state index contributed by atoms with van der Waals surface area (Å²) in [5, 5.41) is 16.3. The number of carboxylic acid groups (broad SMARTS) is 1. The molecule has 2 aromatic carbocycles. The van der Waals surface area contributed by atoms with Crippen molar-refractivity contribution in [1.82, 2.24) is 20.5 Å². The fourth-order valence-corrected chi connectivity index (χ4v) is 4.31. The summed E-state index contributed by atoms with van der Waals surface area (Å²) in [4.78, 5) is 42.8. The van der Waals surface area contributed by atoms with Gasteiger partial charge in [0.2, 0.25) is 0 Å². The van der Waals surface area contributed by atoms with Crippen LogP contribution in [0.5, 0.6) is 0 Å². The number of amides is 1. The summed E-state index contributed by atoms with van der Waals surface area (Å²) in [5.74, 6) is -4.29. The first kappa shape index (κ1) is 33.3. The SMILES string of the molecule is CONCc1ccc(-c2ccc3c(=O)n(CC[C@](C)(C(=O)NO)S(C)(=O)=O)cnc3c2)c(F)c1.O=C(O)C(F)(F)F. The molecule has 0 fully saturated rings. The van der Waals surface area contributed by atoms with E-state index in [-0.39, 0.29) is 18.4 Å². The van der Waals surface area contributed by atoms with Gasteiger partial charge in [0.15, 0.2) is 14.6 Å². The first-order chi connectivity index (χ1) is 19.0. The van der Waals surface area contributed by atoms with Crippen LogP contribution in [0.15, 0.2) is 47.5 Å². The Morgan fingerprint density at radius 3 is 2.29 bits per heavy atom. The molecule has 41 heavy (non-hydrogen) atoms. The minimum atomic E-state index is -5.08. The molecule has 17 heteroatoms. The number of carbonyl (C=O) groups is 2. The fraction of sp³-hybridized carbons (Fsp3) is 0.333. The van der Waals surface area contributed by atoms with Crippen LogP contribution < -0.4 is 16.5 Å². The number of aromatic nitrogens is 2. The molecule has 0 spiro atoms. The summed E-state index contributed by atoms with van der Waals surface area (Å²) in [6, 6.07) is 9.47. The molecule has 0 aliphatic carbocycles. The lowest BCUT2D eigenvalue weighted by Gasteiger charge is -2.25. The van der Waals surface area contributed by atoms with Gasteiger partial charge in [-0.15, -0.1) is 0 Å². The molecule has 0 unspecified atom stereocenters. The summed E-state index contributed by atoms with van der Waals surface area (Å²) in [6.07, 6.45) is -3.23. The van der Waals surface area contributed by atoms with E-state index in [0.29, 0.717) is 28.8 Å². The quantitative estimate of drug-likeness (QED) is 0.160. The minimum absolute atomic E-state index is 0.133. The Kier molecular flexibility index (Phi) is 10.7. The number of sulfone groups is 1. The number of aliphatic carboxylic acids is 1. The number of rotatable bonds is 9. The second-order valence-electron chi connectivity index (χ2n) is 8.81. The van der Waals surface area contributed by atoms with Crippen LogP contribution >= 0.6 is 0 Å². The first-order valence-corrected chi connectivity index (χ1v) is 13.3. The van der Waals surface area contributed by atoms with Crippen LogP contribution in [-0.2, 0) is 37.4 Å². The molecule has 4 N–H and O–H groups in total. The summed E-state index contributed by atoms with van der Waals surface area (Å²) in [7, 11) is -2.44. The molecular formula is C24H26F4N4O8S. The zero-order chi connectivity index (χ0) is 31.2. The highest BCUT2D eigenvalue weighted by molar-refractivity contribution is 7.92. The largest absolute Gasteiger partial charge is 0.490 e. The van der Waals surface area contributed by atoms with E-state index in [9.17, 15) is 35.6 Å². The molecule has 1 heterocycles. The average molecular weight is 607 g/mol. The fourth-order valence-electron chi connectivity index (χ4n) is 3.46. The Balaban J connectivity index is 0.000000745. The number of carbonyl (C=O) groups excluding carboxylic acids is 1. The van der Waals surface area contributed by atoms with E-state index in [1.165, 1.54) is 42.5 Å². The number of nitrogens with one attached hydrogen (secondary N) is 2. The first-order valence-electron chi connectivity index (χ1n) is 11.4. The van der Waals surface area contributed by atoms with Gasteiger partial charge in [-0.25, -0.2) is 28.1 Å². The third-order valence-electron chi connectivity index (χ3n) is 6.06. The molecule has 0 aliphatic rings. The van der Waals surface area contributed by atoms with E-state index in [1.807, 2.05) is 0 Å². The molecule has 0 saturated carbocycles. The number of alkyl halides is 3. The molecular weight excluding hydrogens is 580 g/mol. The number of benzene rings is 2. The Bertz CT molecular complexity index is 1590. The van der Waals surface area contributed by atoms with Gasteiger partial charge in [-0.3, -0.25) is 19.4 Å². The summed E-state index contributed by atoms with van der Waals surface area (Å²) < 4.78 is 69.9. The zero-order valence-electron chi connectivity index (χ0n) is 21.8. The zero-order valence-corrected chi connectivity index (χ0v) is 22.6. The number of hydroxylamine groups is 2. The Labute approximate surface area is 230 Å². The smallest absolute Gasteiger partial charge is 0.475 e. The molecule has 3 aromatic rings. The number of hydrogen-bond acceptors (Lipinski definition) is 9. The Morgan fingerprint density at radius 2 is 1.78 bits per heavy atom. The van der Waals surface area contributed by atoms with E-state index >= 15 is 0 Å².